The van der Waals surface area contributed by atoms with Crippen molar-refractivity contribution in [1.82, 2.24) is 10.6 Å². The molecule has 3 aromatic rings. The van der Waals surface area contributed by atoms with E-state index in [-0.39, 0.29) is 5.75 Å². The molecule has 1 aliphatic rings. The summed E-state index contributed by atoms with van der Waals surface area (Å²) < 4.78 is 10.1. The van der Waals surface area contributed by atoms with Crippen molar-refractivity contribution in [2.75, 3.05) is 12.4 Å². The van der Waals surface area contributed by atoms with Crippen LogP contribution in [-0.4, -0.2) is 87.1 Å². The average Bonchev–Trinajstić information content (AvgIpc) is 3.01. The van der Waals surface area contributed by atoms with E-state index in [1.807, 2.05) is 91.0 Å². The number of rotatable bonds is 10. The van der Waals surface area contributed by atoms with Gasteiger partial charge in [0.1, 0.15) is 36.1 Å². The Labute approximate surface area is 261 Å². The number of benzene rings is 3. The number of carbonyl (C=O) groups is 2. The van der Waals surface area contributed by atoms with Crippen LogP contribution < -0.4 is 10.6 Å². The number of amides is 2. The number of nitrogens with one attached hydrogen (secondary N) is 2. The van der Waals surface area contributed by atoms with E-state index < -0.39 is 65.6 Å². The van der Waals surface area contributed by atoms with Crippen LogP contribution in [0, 0.1) is 0 Å². The van der Waals surface area contributed by atoms with Crippen LogP contribution in [0.2, 0.25) is 0 Å². The van der Waals surface area contributed by atoms with E-state index in [0.29, 0.717) is 0 Å². The zero-order chi connectivity index (χ0) is 31.9. The number of thioether (sulfide) groups is 1. The minimum absolute atomic E-state index is 0.0428. The first-order chi connectivity index (χ1) is 21.0. The van der Waals surface area contributed by atoms with Crippen LogP contribution in [0.5, 0.6) is 0 Å². The van der Waals surface area contributed by atoms with Crippen molar-refractivity contribution in [3.8, 4) is 0 Å². The minimum atomic E-state index is -1.69. The second-order valence-electron chi connectivity index (χ2n) is 11.5. The van der Waals surface area contributed by atoms with Crippen LogP contribution in [0.4, 0.5) is 4.79 Å². The first-order valence-electron chi connectivity index (χ1n) is 14.4. The molecule has 0 bridgehead atoms. The lowest BCUT2D eigenvalue weighted by molar-refractivity contribution is -0.236. The van der Waals surface area contributed by atoms with Gasteiger partial charge in [-0.1, -0.05) is 91.0 Å². The quantitative estimate of drug-likeness (QED) is 0.187. The highest BCUT2D eigenvalue weighted by molar-refractivity contribution is 8.00. The van der Waals surface area contributed by atoms with Gasteiger partial charge in [-0.3, -0.25) is 4.79 Å². The molecule has 1 fully saturated rings. The number of aliphatic hydroxyl groups is 4. The van der Waals surface area contributed by atoms with Crippen molar-refractivity contribution >= 4 is 23.8 Å². The molecule has 1 aliphatic heterocycles. The third kappa shape index (κ3) is 7.79. The van der Waals surface area contributed by atoms with Crippen molar-refractivity contribution in [3.05, 3.63) is 108 Å². The lowest BCUT2D eigenvalue weighted by Gasteiger charge is -2.40. The lowest BCUT2D eigenvalue weighted by atomic mass is 9.84. The largest absolute Gasteiger partial charge is 0.444 e. The summed E-state index contributed by atoms with van der Waals surface area (Å²) in [5.74, 6) is -0.683. The van der Waals surface area contributed by atoms with E-state index in [4.69, 9.17) is 9.47 Å². The Morgan fingerprint density at radius 1 is 0.818 bits per heavy atom. The Bertz CT molecular complexity index is 1260. The second-order valence-corrected chi connectivity index (χ2v) is 12.8. The lowest BCUT2D eigenvalue weighted by Crippen LogP contribution is -2.65. The van der Waals surface area contributed by atoms with Crippen LogP contribution in [0.3, 0.4) is 0 Å². The third-order valence-electron chi connectivity index (χ3n) is 7.19. The summed E-state index contributed by atoms with van der Waals surface area (Å²) in [6.07, 6.45) is -8.46. The van der Waals surface area contributed by atoms with Crippen molar-refractivity contribution in [2.45, 2.75) is 67.8 Å². The molecule has 0 spiro atoms. The number of alkyl carbamates (subject to hydrolysis) is 1. The van der Waals surface area contributed by atoms with Crippen LogP contribution in [0.25, 0.3) is 0 Å². The highest BCUT2D eigenvalue weighted by Gasteiger charge is 2.45. The second kappa shape index (κ2) is 14.6. The zero-order valence-electron chi connectivity index (χ0n) is 24.9. The molecule has 1 heterocycles. The van der Waals surface area contributed by atoms with E-state index >= 15 is 0 Å². The smallest absolute Gasteiger partial charge is 0.408 e. The predicted octanol–water partition coefficient (Wildman–Crippen LogP) is 2.52. The van der Waals surface area contributed by atoms with Crippen LogP contribution >= 0.6 is 11.8 Å². The molecule has 1 saturated heterocycles. The Balaban J connectivity index is 1.71. The van der Waals surface area contributed by atoms with Gasteiger partial charge in [0, 0.05) is 5.75 Å². The summed E-state index contributed by atoms with van der Waals surface area (Å²) in [6.45, 7) is 4.46. The van der Waals surface area contributed by atoms with Crippen molar-refractivity contribution < 1.29 is 39.5 Å². The summed E-state index contributed by atoms with van der Waals surface area (Å²) in [5, 5.41) is 45.7. The molecule has 6 atom stereocenters. The summed E-state index contributed by atoms with van der Waals surface area (Å²) >= 11 is 1.43. The number of aliphatic hydroxyl groups excluding tert-OH is 4. The predicted molar refractivity (Wildman–Crippen MR) is 167 cm³/mol. The maximum Gasteiger partial charge on any atom is 0.408 e. The van der Waals surface area contributed by atoms with Gasteiger partial charge >= 0.3 is 6.09 Å². The Morgan fingerprint density at radius 3 is 1.73 bits per heavy atom. The van der Waals surface area contributed by atoms with Gasteiger partial charge in [-0.15, -0.1) is 11.8 Å². The molecule has 0 aromatic heterocycles. The molecule has 2 amide bonds. The van der Waals surface area contributed by atoms with Gasteiger partial charge in [-0.2, -0.15) is 0 Å². The first kappa shape index (κ1) is 33.4. The first-order valence-corrected chi connectivity index (χ1v) is 15.4. The summed E-state index contributed by atoms with van der Waals surface area (Å²) in [4.78, 5) is 26.7. The molecule has 4 rings (SSSR count). The van der Waals surface area contributed by atoms with Crippen LogP contribution in [-0.2, 0) is 19.0 Å². The molecule has 44 heavy (non-hydrogen) atoms. The molecule has 6 N–H and O–H groups in total. The van der Waals surface area contributed by atoms with Crippen molar-refractivity contribution in [3.63, 3.8) is 0 Å². The summed E-state index contributed by atoms with van der Waals surface area (Å²) in [5.41, 5.74) is 2.02. The number of hydrogen-bond donors (Lipinski definition) is 6. The Morgan fingerprint density at radius 2 is 1.30 bits per heavy atom. The van der Waals surface area contributed by atoms with E-state index in [0.717, 1.165) is 16.7 Å². The third-order valence-corrected chi connectivity index (χ3v) is 8.83. The molecule has 0 radical (unpaired) electrons. The van der Waals surface area contributed by atoms with E-state index in [1.54, 1.807) is 20.8 Å². The molecular weight excluding hydrogens is 584 g/mol. The number of hydrogen-bond acceptors (Lipinski definition) is 9. The molecular formula is C33H40N2O8S. The van der Waals surface area contributed by atoms with Gasteiger partial charge in [-0.05, 0) is 37.5 Å². The molecule has 0 unspecified atom stereocenters. The molecule has 0 saturated carbocycles. The molecule has 10 nitrogen and oxygen atoms in total. The van der Waals surface area contributed by atoms with Gasteiger partial charge in [0.05, 0.1) is 11.4 Å². The standard InChI is InChI=1S/C33H40N2O8S/c1-32(2,3)43-31(41)34-24(29(40)35-30-28(39)27(38)26(37)25(19-36)42-30)20-44-33(21-13-7-4-8-14-21,22-15-9-5-10-16-22)23-17-11-6-12-18-23/h4-18,24-28,30,36-39H,19-20H2,1-3H3,(H,34,41)(H,35,40)/t24-,25+,26+,27-,28+,30+/m0/s1. The van der Waals surface area contributed by atoms with Crippen LogP contribution in [0.1, 0.15) is 37.5 Å². The van der Waals surface area contributed by atoms with E-state index in [1.165, 1.54) is 11.8 Å². The number of ether oxygens (including phenoxy) is 2. The van der Waals surface area contributed by atoms with E-state index in [9.17, 15) is 30.0 Å². The fourth-order valence-electron chi connectivity index (χ4n) is 5.07. The maximum atomic E-state index is 13.8. The van der Waals surface area contributed by atoms with Crippen LogP contribution in [0.15, 0.2) is 91.0 Å². The highest BCUT2D eigenvalue weighted by atomic mass is 32.2. The number of carbonyl (C=O) groups excluding carboxylic acids is 2. The highest BCUT2D eigenvalue weighted by Crippen LogP contribution is 2.48. The van der Waals surface area contributed by atoms with Gasteiger partial charge < -0.3 is 40.5 Å². The van der Waals surface area contributed by atoms with Gasteiger partial charge in [0.2, 0.25) is 5.91 Å². The Hall–Kier alpha value is -3.45. The monoisotopic (exact) mass is 624 g/mol. The van der Waals surface area contributed by atoms with Gasteiger partial charge in [0.15, 0.2) is 6.23 Å². The molecule has 0 aliphatic carbocycles. The maximum absolute atomic E-state index is 13.8. The molecule has 236 valence electrons. The van der Waals surface area contributed by atoms with Crippen molar-refractivity contribution in [2.24, 2.45) is 0 Å². The van der Waals surface area contributed by atoms with Gasteiger partial charge in [0.25, 0.3) is 0 Å². The zero-order valence-corrected chi connectivity index (χ0v) is 25.7. The normalized spacial score (nSPS) is 22.9. The fraction of sp³-hybridized carbons (Fsp3) is 0.394. The summed E-state index contributed by atoms with van der Waals surface area (Å²) in [7, 11) is 0. The summed E-state index contributed by atoms with van der Waals surface area (Å²) in [6, 6.07) is 28.3. The SMILES string of the molecule is CC(C)(C)OC(=O)N[C@@H](CSC(c1ccccc1)(c1ccccc1)c1ccccc1)C(=O)N[C@@H]1O[C@H](CO)[C@@H](O)[C@H](O)[C@H]1O. The molecule has 3 aromatic carbocycles. The average molecular weight is 625 g/mol. The van der Waals surface area contributed by atoms with Crippen molar-refractivity contribution in [1.29, 1.82) is 0 Å². The van der Waals surface area contributed by atoms with Gasteiger partial charge in [-0.25, -0.2) is 4.79 Å². The minimum Gasteiger partial charge on any atom is -0.444 e. The molecule has 11 heteroatoms. The van der Waals surface area contributed by atoms with E-state index in [2.05, 4.69) is 10.6 Å². The Kier molecular flexibility index (Phi) is 11.1. The topological polar surface area (TPSA) is 158 Å². The fourth-order valence-corrected chi connectivity index (χ4v) is 6.63.